The Morgan fingerprint density at radius 1 is 1.12 bits per heavy atom. The van der Waals surface area contributed by atoms with E-state index in [1.165, 1.54) is 0 Å². The molecule has 0 atom stereocenters. The number of aromatic hydroxyl groups is 3. The minimum Gasteiger partial charge on any atom is -0.504 e. The summed E-state index contributed by atoms with van der Waals surface area (Å²) >= 11 is 0. The van der Waals surface area contributed by atoms with Crippen molar-refractivity contribution < 1.29 is 38.0 Å². The van der Waals surface area contributed by atoms with Gasteiger partial charge >= 0.3 is 12.3 Å². The molecule has 0 spiro atoms. The Kier molecular flexibility index (Phi) is 2.84. The van der Waals surface area contributed by atoms with Crippen molar-refractivity contribution in [2.24, 2.45) is 0 Å². The Bertz CT molecular complexity index is 403. The molecule has 0 aliphatic heterocycles. The number of carbonyl (C=O) groups excluding carboxylic acids is 1. The molecule has 0 aliphatic rings. The Hall–Kier alpha value is -2.12. The predicted molar refractivity (Wildman–Crippen MR) is 42.9 cm³/mol. The molecule has 0 saturated heterocycles. The SMILES string of the molecule is O=C(OC(F)(F)F)c1cc(O)c(O)c(O)c1. The van der Waals surface area contributed by atoms with E-state index in [4.69, 9.17) is 15.3 Å². The normalized spacial score (nSPS) is 11.2. The van der Waals surface area contributed by atoms with Crippen LogP contribution in [0.15, 0.2) is 12.1 Å². The Morgan fingerprint density at radius 2 is 1.56 bits per heavy atom. The van der Waals surface area contributed by atoms with Crippen LogP contribution < -0.4 is 0 Å². The smallest absolute Gasteiger partial charge is 0.504 e. The van der Waals surface area contributed by atoms with Crippen molar-refractivity contribution in [2.75, 3.05) is 0 Å². The van der Waals surface area contributed by atoms with E-state index in [2.05, 4.69) is 4.74 Å². The Morgan fingerprint density at radius 3 is 1.94 bits per heavy atom. The van der Waals surface area contributed by atoms with Crippen LogP contribution in [0.4, 0.5) is 13.2 Å². The highest BCUT2D eigenvalue weighted by Gasteiger charge is 2.34. The van der Waals surface area contributed by atoms with Gasteiger partial charge in [0.25, 0.3) is 0 Å². The van der Waals surface area contributed by atoms with Crippen molar-refractivity contribution in [3.05, 3.63) is 17.7 Å². The van der Waals surface area contributed by atoms with Crippen LogP contribution >= 0.6 is 0 Å². The number of carbonyl (C=O) groups is 1. The number of alkyl halides is 3. The number of ether oxygens (including phenoxy) is 1. The van der Waals surface area contributed by atoms with Gasteiger partial charge in [-0.15, -0.1) is 13.2 Å². The maximum atomic E-state index is 11.7. The summed E-state index contributed by atoms with van der Waals surface area (Å²) in [5.41, 5.74) is -0.745. The predicted octanol–water partition coefficient (Wildman–Crippen LogP) is 1.48. The van der Waals surface area contributed by atoms with Gasteiger partial charge in [-0.2, -0.15) is 0 Å². The lowest BCUT2D eigenvalue weighted by Crippen LogP contribution is -2.19. The van der Waals surface area contributed by atoms with Gasteiger partial charge in [-0.3, -0.25) is 0 Å². The zero-order chi connectivity index (χ0) is 12.5. The lowest BCUT2D eigenvalue weighted by Gasteiger charge is -2.08. The van der Waals surface area contributed by atoms with E-state index in [0.717, 1.165) is 0 Å². The van der Waals surface area contributed by atoms with Gasteiger partial charge in [0.15, 0.2) is 17.2 Å². The molecule has 1 aromatic rings. The van der Waals surface area contributed by atoms with Crippen LogP contribution in [0.1, 0.15) is 10.4 Å². The third-order valence-electron chi connectivity index (χ3n) is 1.51. The molecule has 0 unspecified atom stereocenters. The molecular weight excluding hydrogens is 233 g/mol. The Balaban J connectivity index is 3.02. The second kappa shape index (κ2) is 3.80. The van der Waals surface area contributed by atoms with Crippen molar-refractivity contribution >= 4 is 5.97 Å². The fourth-order valence-electron chi connectivity index (χ4n) is 0.886. The van der Waals surface area contributed by atoms with Crippen molar-refractivity contribution in [3.63, 3.8) is 0 Å². The number of rotatable bonds is 1. The van der Waals surface area contributed by atoms with Gasteiger partial charge < -0.3 is 20.1 Å². The maximum Gasteiger partial charge on any atom is 0.575 e. The van der Waals surface area contributed by atoms with Gasteiger partial charge in [0.2, 0.25) is 0 Å². The largest absolute Gasteiger partial charge is 0.575 e. The molecule has 1 aromatic carbocycles. The van der Waals surface area contributed by atoms with Gasteiger partial charge in [-0.25, -0.2) is 4.79 Å². The van der Waals surface area contributed by atoms with Crippen LogP contribution in [0.25, 0.3) is 0 Å². The van der Waals surface area contributed by atoms with E-state index < -0.39 is 35.1 Å². The summed E-state index contributed by atoms with van der Waals surface area (Å²) in [6, 6.07) is 1.06. The van der Waals surface area contributed by atoms with E-state index in [9.17, 15) is 18.0 Å². The number of hydrogen-bond acceptors (Lipinski definition) is 5. The quantitative estimate of drug-likeness (QED) is 0.509. The van der Waals surface area contributed by atoms with Gasteiger partial charge in [0.1, 0.15) is 0 Å². The van der Waals surface area contributed by atoms with Crippen LogP contribution in [0.3, 0.4) is 0 Å². The molecule has 1 rings (SSSR count). The van der Waals surface area contributed by atoms with Crippen LogP contribution in [-0.4, -0.2) is 27.7 Å². The molecule has 0 aliphatic carbocycles. The fourth-order valence-corrected chi connectivity index (χ4v) is 0.886. The van der Waals surface area contributed by atoms with Gasteiger partial charge in [0, 0.05) is 0 Å². The van der Waals surface area contributed by atoms with Crippen molar-refractivity contribution in [2.45, 2.75) is 6.36 Å². The third kappa shape index (κ3) is 2.69. The minimum atomic E-state index is -5.17. The Labute approximate surface area is 86.3 Å². The summed E-state index contributed by atoms with van der Waals surface area (Å²) in [5.74, 6) is -4.62. The second-order valence-electron chi connectivity index (χ2n) is 2.70. The highest BCUT2D eigenvalue weighted by molar-refractivity contribution is 5.91. The molecule has 0 amide bonds. The topological polar surface area (TPSA) is 87.0 Å². The minimum absolute atomic E-state index is 0.531. The average molecular weight is 238 g/mol. The van der Waals surface area contributed by atoms with E-state index in [1.807, 2.05) is 0 Å². The summed E-state index contributed by atoms with van der Waals surface area (Å²) in [5, 5.41) is 26.7. The summed E-state index contributed by atoms with van der Waals surface area (Å²) in [6.45, 7) is 0. The van der Waals surface area contributed by atoms with Crippen molar-refractivity contribution in [1.29, 1.82) is 0 Å². The van der Waals surface area contributed by atoms with E-state index >= 15 is 0 Å². The molecule has 0 fully saturated rings. The number of benzene rings is 1. The van der Waals surface area contributed by atoms with E-state index in [-0.39, 0.29) is 0 Å². The summed E-state index contributed by atoms with van der Waals surface area (Å²) in [4.78, 5) is 10.8. The molecule has 8 heteroatoms. The highest BCUT2D eigenvalue weighted by atomic mass is 19.4. The molecule has 16 heavy (non-hydrogen) atoms. The lowest BCUT2D eigenvalue weighted by molar-refractivity contribution is -0.291. The van der Waals surface area contributed by atoms with Crippen molar-refractivity contribution in [1.82, 2.24) is 0 Å². The number of phenols is 3. The van der Waals surface area contributed by atoms with Gasteiger partial charge in [0.05, 0.1) is 5.56 Å². The average Bonchev–Trinajstić information content (AvgIpc) is 2.10. The summed E-state index contributed by atoms with van der Waals surface area (Å²) < 4.78 is 38.0. The van der Waals surface area contributed by atoms with E-state index in [1.54, 1.807) is 0 Å². The number of phenolic OH excluding ortho intramolecular Hbond substituents is 3. The van der Waals surface area contributed by atoms with E-state index in [0.29, 0.717) is 12.1 Å². The van der Waals surface area contributed by atoms with Crippen LogP contribution in [0.5, 0.6) is 17.2 Å². The highest BCUT2D eigenvalue weighted by Crippen LogP contribution is 2.35. The monoisotopic (exact) mass is 238 g/mol. The zero-order valence-electron chi connectivity index (χ0n) is 7.45. The van der Waals surface area contributed by atoms with Gasteiger partial charge in [-0.05, 0) is 12.1 Å². The maximum absolute atomic E-state index is 11.7. The van der Waals surface area contributed by atoms with Crippen LogP contribution in [0, 0.1) is 0 Å². The standard InChI is InChI=1S/C8H5F3O5/c9-8(10,11)16-7(15)3-1-4(12)6(14)5(13)2-3/h1-2,12-14H. The second-order valence-corrected chi connectivity index (χ2v) is 2.70. The first-order valence-corrected chi connectivity index (χ1v) is 3.75. The first-order chi connectivity index (χ1) is 7.20. The molecule has 0 bridgehead atoms. The van der Waals surface area contributed by atoms with Crippen LogP contribution in [0.2, 0.25) is 0 Å². The number of hydrogen-bond donors (Lipinski definition) is 3. The zero-order valence-corrected chi connectivity index (χ0v) is 7.45. The molecule has 3 N–H and O–H groups in total. The van der Waals surface area contributed by atoms with Crippen LogP contribution in [-0.2, 0) is 4.74 Å². The molecule has 5 nitrogen and oxygen atoms in total. The van der Waals surface area contributed by atoms with Gasteiger partial charge in [-0.1, -0.05) is 0 Å². The fraction of sp³-hybridized carbons (Fsp3) is 0.125. The molecule has 0 heterocycles. The first-order valence-electron chi connectivity index (χ1n) is 3.75. The molecule has 0 radical (unpaired) electrons. The number of halogens is 3. The molecular formula is C8H5F3O5. The number of esters is 1. The lowest BCUT2D eigenvalue weighted by atomic mass is 10.2. The van der Waals surface area contributed by atoms with Crippen molar-refractivity contribution in [3.8, 4) is 17.2 Å². The first kappa shape index (κ1) is 12.0. The summed E-state index contributed by atoms with van der Waals surface area (Å²) in [6.07, 6.45) is -5.17. The molecule has 0 saturated carbocycles. The third-order valence-corrected chi connectivity index (χ3v) is 1.51. The molecule has 0 aromatic heterocycles. The molecule has 88 valence electrons. The summed E-state index contributed by atoms with van der Waals surface area (Å²) in [7, 11) is 0.